The Kier molecular flexibility index (Phi) is 6.28. The topological polar surface area (TPSA) is 139 Å². The minimum atomic E-state index is -0.690. The first kappa shape index (κ1) is 18.9. The van der Waals surface area contributed by atoms with Crippen molar-refractivity contribution in [2.45, 2.75) is 0 Å². The minimum absolute atomic E-state index is 0.141. The number of nitro benzene ring substituents is 1. The molecule has 1 amide bonds. The van der Waals surface area contributed by atoms with Crippen molar-refractivity contribution in [1.82, 2.24) is 4.98 Å². The highest BCUT2D eigenvalue weighted by molar-refractivity contribution is 6.07. The molecule has 0 saturated heterocycles. The van der Waals surface area contributed by atoms with Crippen molar-refractivity contribution >= 4 is 23.1 Å². The van der Waals surface area contributed by atoms with Crippen molar-refractivity contribution < 1.29 is 23.9 Å². The Morgan fingerprint density at radius 1 is 1.27 bits per heavy atom. The van der Waals surface area contributed by atoms with Crippen molar-refractivity contribution in [3.8, 4) is 11.5 Å². The monoisotopic (exact) mass is 362 g/mol. The normalized spacial score (nSPS) is 10.2. The number of hydrogen-bond donors (Lipinski definition) is 2. The maximum Gasteiger partial charge on any atom is 0.286 e. The first-order valence-electron chi connectivity index (χ1n) is 7.47. The second-order valence-electron chi connectivity index (χ2n) is 5.04. The van der Waals surface area contributed by atoms with Crippen molar-refractivity contribution in [3.63, 3.8) is 0 Å². The van der Waals surface area contributed by atoms with E-state index in [-0.39, 0.29) is 29.5 Å². The van der Waals surface area contributed by atoms with Crippen LogP contribution >= 0.6 is 0 Å². The van der Waals surface area contributed by atoms with E-state index >= 15 is 0 Å². The summed E-state index contributed by atoms with van der Waals surface area (Å²) in [6.07, 6.45) is 1.35. The van der Waals surface area contributed by atoms with E-state index in [4.69, 9.17) is 19.9 Å². The summed E-state index contributed by atoms with van der Waals surface area (Å²) in [6, 6.07) is 5.42. The van der Waals surface area contributed by atoms with Gasteiger partial charge in [0.1, 0.15) is 18.0 Å². The average molecular weight is 362 g/mol. The van der Waals surface area contributed by atoms with Crippen LogP contribution in [0.2, 0.25) is 0 Å². The summed E-state index contributed by atoms with van der Waals surface area (Å²) in [5.74, 6) is -0.0764. The molecule has 26 heavy (non-hydrogen) atoms. The van der Waals surface area contributed by atoms with E-state index in [0.717, 1.165) is 6.07 Å². The summed E-state index contributed by atoms with van der Waals surface area (Å²) in [7, 11) is 2.87. The van der Waals surface area contributed by atoms with Gasteiger partial charge in [-0.1, -0.05) is 0 Å². The summed E-state index contributed by atoms with van der Waals surface area (Å²) in [6.45, 7) is 0.468. The standard InChI is InChI=1S/C16H18N4O6/c1-24-5-6-26-14-8-12(20(22)23)11(7-13(14)25-2)16(21)19-10-3-4-15(17)18-9-10/h3-4,7-9H,5-6H2,1-2H3,(H2,17,18)(H,19,21). The zero-order chi connectivity index (χ0) is 19.1. The fraction of sp³-hybridized carbons (Fsp3) is 0.250. The van der Waals surface area contributed by atoms with Crippen LogP contribution in [0.5, 0.6) is 11.5 Å². The number of anilines is 2. The molecule has 1 aromatic carbocycles. The molecule has 2 aromatic rings. The van der Waals surface area contributed by atoms with Gasteiger partial charge in [-0.3, -0.25) is 14.9 Å². The number of nitrogens with zero attached hydrogens (tertiary/aromatic N) is 2. The number of hydrogen-bond acceptors (Lipinski definition) is 8. The Hall–Kier alpha value is -3.40. The lowest BCUT2D eigenvalue weighted by Crippen LogP contribution is -2.15. The van der Waals surface area contributed by atoms with Gasteiger partial charge in [-0.2, -0.15) is 0 Å². The quantitative estimate of drug-likeness (QED) is 0.412. The van der Waals surface area contributed by atoms with Gasteiger partial charge in [-0.15, -0.1) is 0 Å². The fourth-order valence-corrected chi connectivity index (χ4v) is 2.07. The van der Waals surface area contributed by atoms with Crippen LogP contribution < -0.4 is 20.5 Å². The lowest BCUT2D eigenvalue weighted by atomic mass is 10.1. The van der Waals surface area contributed by atoms with E-state index in [1.165, 1.54) is 38.6 Å². The molecule has 0 fully saturated rings. The molecule has 3 N–H and O–H groups in total. The van der Waals surface area contributed by atoms with Crippen LogP contribution in [0.25, 0.3) is 0 Å². The molecule has 0 unspecified atom stereocenters. The molecule has 10 nitrogen and oxygen atoms in total. The predicted molar refractivity (Wildman–Crippen MR) is 93.6 cm³/mol. The number of rotatable bonds is 8. The van der Waals surface area contributed by atoms with Crippen molar-refractivity contribution in [1.29, 1.82) is 0 Å². The van der Waals surface area contributed by atoms with E-state index in [2.05, 4.69) is 10.3 Å². The van der Waals surface area contributed by atoms with Crippen LogP contribution in [-0.2, 0) is 4.74 Å². The maximum absolute atomic E-state index is 12.5. The minimum Gasteiger partial charge on any atom is -0.493 e. The van der Waals surface area contributed by atoms with Gasteiger partial charge < -0.3 is 25.3 Å². The lowest BCUT2D eigenvalue weighted by molar-refractivity contribution is -0.385. The van der Waals surface area contributed by atoms with E-state index in [9.17, 15) is 14.9 Å². The number of nitrogen functional groups attached to an aromatic ring is 1. The maximum atomic E-state index is 12.5. The van der Waals surface area contributed by atoms with Crippen LogP contribution in [0.1, 0.15) is 10.4 Å². The lowest BCUT2D eigenvalue weighted by Gasteiger charge is -2.12. The Labute approximate surface area is 149 Å². The van der Waals surface area contributed by atoms with Crippen molar-refractivity contribution in [2.75, 3.05) is 38.5 Å². The molecule has 0 radical (unpaired) electrons. The summed E-state index contributed by atoms with van der Waals surface area (Å²) in [4.78, 5) is 27.0. The highest BCUT2D eigenvalue weighted by Crippen LogP contribution is 2.35. The number of carbonyl (C=O) groups is 1. The zero-order valence-corrected chi connectivity index (χ0v) is 14.2. The summed E-state index contributed by atoms with van der Waals surface area (Å²) < 4.78 is 15.5. The molecule has 0 aliphatic carbocycles. The number of methoxy groups -OCH3 is 2. The van der Waals surface area contributed by atoms with Gasteiger partial charge in [0, 0.05) is 13.2 Å². The smallest absolute Gasteiger partial charge is 0.286 e. The van der Waals surface area contributed by atoms with Crippen LogP contribution in [-0.4, -0.2) is 43.2 Å². The third kappa shape index (κ3) is 4.57. The predicted octanol–water partition coefficient (Wildman–Crippen LogP) is 1.86. The van der Waals surface area contributed by atoms with Gasteiger partial charge in [-0.05, 0) is 12.1 Å². The number of amides is 1. The van der Waals surface area contributed by atoms with Crippen LogP contribution in [0.15, 0.2) is 30.5 Å². The van der Waals surface area contributed by atoms with Crippen molar-refractivity contribution in [3.05, 3.63) is 46.1 Å². The molecule has 138 valence electrons. The zero-order valence-electron chi connectivity index (χ0n) is 14.2. The molecule has 0 aliphatic rings. The Balaban J connectivity index is 2.34. The second-order valence-corrected chi connectivity index (χ2v) is 5.04. The Morgan fingerprint density at radius 2 is 2.04 bits per heavy atom. The van der Waals surface area contributed by atoms with Gasteiger partial charge >= 0.3 is 0 Å². The SMILES string of the molecule is COCCOc1cc([N+](=O)[O-])c(C(=O)Nc2ccc(N)nc2)cc1OC. The van der Waals surface area contributed by atoms with Gasteiger partial charge in [0.2, 0.25) is 0 Å². The van der Waals surface area contributed by atoms with E-state index in [0.29, 0.717) is 12.3 Å². The molecular weight excluding hydrogens is 344 g/mol. The number of ether oxygens (including phenoxy) is 3. The van der Waals surface area contributed by atoms with Gasteiger partial charge in [0.15, 0.2) is 11.5 Å². The summed E-state index contributed by atoms with van der Waals surface area (Å²) in [5.41, 5.74) is 5.23. The molecule has 1 heterocycles. The number of aromatic nitrogens is 1. The van der Waals surface area contributed by atoms with E-state index in [1.54, 1.807) is 0 Å². The average Bonchev–Trinajstić information content (AvgIpc) is 2.63. The molecule has 0 bridgehead atoms. The van der Waals surface area contributed by atoms with Gasteiger partial charge in [-0.25, -0.2) is 4.98 Å². The first-order chi connectivity index (χ1) is 12.5. The van der Waals surface area contributed by atoms with Crippen LogP contribution in [0.3, 0.4) is 0 Å². The Bertz CT molecular complexity index is 794. The number of nitrogens with two attached hydrogens (primary N) is 1. The molecule has 0 aliphatic heterocycles. The third-order valence-electron chi connectivity index (χ3n) is 3.31. The van der Waals surface area contributed by atoms with Crippen molar-refractivity contribution in [2.24, 2.45) is 0 Å². The second kappa shape index (κ2) is 8.62. The molecular formula is C16H18N4O6. The molecule has 1 aromatic heterocycles. The van der Waals surface area contributed by atoms with Crippen LogP contribution in [0.4, 0.5) is 17.2 Å². The largest absolute Gasteiger partial charge is 0.493 e. The number of nitro groups is 1. The molecule has 10 heteroatoms. The third-order valence-corrected chi connectivity index (χ3v) is 3.31. The number of nitrogens with one attached hydrogen (secondary N) is 1. The highest BCUT2D eigenvalue weighted by Gasteiger charge is 2.25. The van der Waals surface area contributed by atoms with Gasteiger partial charge in [0.25, 0.3) is 11.6 Å². The van der Waals surface area contributed by atoms with E-state index in [1.807, 2.05) is 0 Å². The van der Waals surface area contributed by atoms with E-state index < -0.39 is 16.5 Å². The Morgan fingerprint density at radius 3 is 2.62 bits per heavy atom. The number of benzene rings is 1. The van der Waals surface area contributed by atoms with Crippen LogP contribution in [0, 0.1) is 10.1 Å². The highest BCUT2D eigenvalue weighted by atomic mass is 16.6. The molecule has 0 atom stereocenters. The molecule has 0 saturated carbocycles. The molecule has 2 rings (SSSR count). The molecule has 0 spiro atoms. The van der Waals surface area contributed by atoms with Gasteiger partial charge in [0.05, 0.1) is 36.6 Å². The number of carbonyl (C=O) groups excluding carboxylic acids is 1. The number of pyridine rings is 1. The first-order valence-corrected chi connectivity index (χ1v) is 7.47. The summed E-state index contributed by atoms with van der Waals surface area (Å²) >= 11 is 0. The summed E-state index contributed by atoms with van der Waals surface area (Å²) in [5, 5.41) is 13.9. The fourth-order valence-electron chi connectivity index (χ4n) is 2.07.